The summed E-state index contributed by atoms with van der Waals surface area (Å²) in [6.07, 6.45) is -4.35. The predicted molar refractivity (Wildman–Crippen MR) is 128 cm³/mol. The Morgan fingerprint density at radius 3 is 2.42 bits per heavy atom. The molecule has 0 saturated carbocycles. The molecule has 2 atom stereocenters. The van der Waals surface area contributed by atoms with Gasteiger partial charge in [0.15, 0.2) is 5.78 Å². The fourth-order valence-electron chi connectivity index (χ4n) is 4.23. The van der Waals surface area contributed by atoms with Crippen LogP contribution in [0, 0.1) is 12.8 Å². The van der Waals surface area contributed by atoms with Crippen LogP contribution in [0.3, 0.4) is 0 Å². The number of oxime groups is 1. The largest absolute Gasteiger partial charge is 0.435 e. The minimum atomic E-state index is -4.82. The van der Waals surface area contributed by atoms with Crippen LogP contribution >= 0.6 is 23.2 Å². The summed E-state index contributed by atoms with van der Waals surface area (Å²) < 4.78 is 66.7. The van der Waals surface area contributed by atoms with Gasteiger partial charge in [-0.05, 0) is 42.3 Å². The van der Waals surface area contributed by atoms with Crippen molar-refractivity contribution in [2.24, 2.45) is 11.1 Å². The van der Waals surface area contributed by atoms with Gasteiger partial charge >= 0.3 is 6.18 Å². The van der Waals surface area contributed by atoms with E-state index in [0.29, 0.717) is 16.7 Å². The Balaban J connectivity index is 1.53. The van der Waals surface area contributed by atoms with Gasteiger partial charge in [-0.2, -0.15) is 13.2 Å². The maximum Gasteiger partial charge on any atom is 0.435 e. The average Bonchev–Trinajstić information content (AvgIpc) is 3.40. The van der Waals surface area contributed by atoms with Crippen LogP contribution in [0.4, 0.5) is 13.2 Å². The van der Waals surface area contributed by atoms with E-state index >= 15 is 0 Å². The van der Waals surface area contributed by atoms with Crippen LogP contribution in [-0.4, -0.2) is 50.0 Å². The van der Waals surface area contributed by atoms with Crippen molar-refractivity contribution in [3.05, 3.63) is 68.7 Å². The second kappa shape index (κ2) is 9.60. The Hall–Kier alpha value is -2.18. The zero-order valence-electron chi connectivity index (χ0n) is 19.1. The van der Waals surface area contributed by atoms with Gasteiger partial charge in [-0.1, -0.05) is 45.0 Å². The maximum absolute atomic E-state index is 14.2. The van der Waals surface area contributed by atoms with Crippen molar-refractivity contribution in [2.45, 2.75) is 31.5 Å². The number of carbonyl (C=O) groups is 1. The van der Waals surface area contributed by atoms with E-state index in [-0.39, 0.29) is 52.6 Å². The molecule has 2 aliphatic rings. The zero-order valence-corrected chi connectivity index (χ0v) is 21.4. The first-order valence-corrected chi connectivity index (χ1v) is 13.3. The summed E-state index contributed by atoms with van der Waals surface area (Å²) in [5.74, 6) is -0.540. The number of hydroxylamine groups is 1. The van der Waals surface area contributed by atoms with Crippen LogP contribution in [-0.2, 0) is 25.3 Å². The van der Waals surface area contributed by atoms with Crippen LogP contribution < -0.4 is 0 Å². The lowest BCUT2D eigenvalue weighted by Gasteiger charge is -2.29. The molecule has 0 bridgehead atoms. The molecule has 2 aromatic rings. The number of benzene rings is 2. The summed E-state index contributed by atoms with van der Waals surface area (Å²) in [5.41, 5.74) is -1.69. The minimum Gasteiger partial charge on any atom is -0.374 e. The van der Waals surface area contributed by atoms with Gasteiger partial charge in [-0.25, -0.2) is 8.42 Å². The molecular formula is C23H21Cl2F3N2O5S. The van der Waals surface area contributed by atoms with Crippen molar-refractivity contribution in [3.8, 4) is 0 Å². The number of hydrogen-bond acceptors (Lipinski definition) is 6. The molecule has 0 N–H and O–H groups in total. The van der Waals surface area contributed by atoms with Crippen molar-refractivity contribution in [2.75, 3.05) is 19.4 Å². The molecule has 4 rings (SSSR count). The molecule has 1 fully saturated rings. The van der Waals surface area contributed by atoms with Crippen LogP contribution in [0.2, 0.25) is 10.0 Å². The molecule has 0 amide bonds. The molecule has 2 aromatic carbocycles. The third-order valence-corrected chi connectivity index (χ3v) is 7.51. The first-order chi connectivity index (χ1) is 16.7. The highest BCUT2D eigenvalue weighted by molar-refractivity contribution is 7.88. The van der Waals surface area contributed by atoms with Gasteiger partial charge in [0.05, 0.1) is 18.6 Å². The van der Waals surface area contributed by atoms with Crippen molar-refractivity contribution in [1.82, 2.24) is 4.47 Å². The highest BCUT2D eigenvalue weighted by atomic mass is 35.5. The van der Waals surface area contributed by atoms with Gasteiger partial charge in [0, 0.05) is 46.5 Å². The Labute approximate surface area is 215 Å². The molecule has 0 spiro atoms. The second-order valence-electron chi connectivity index (χ2n) is 8.86. The first kappa shape index (κ1) is 26.9. The molecule has 2 unspecified atom stereocenters. The summed E-state index contributed by atoms with van der Waals surface area (Å²) in [6, 6.07) is 8.20. The highest BCUT2D eigenvalue weighted by Crippen LogP contribution is 2.49. The highest BCUT2D eigenvalue weighted by Gasteiger charge is 2.62. The van der Waals surface area contributed by atoms with E-state index in [2.05, 4.69) is 5.16 Å². The fourth-order valence-corrected chi connectivity index (χ4v) is 5.49. The summed E-state index contributed by atoms with van der Waals surface area (Å²) in [7, 11) is -3.52. The molecule has 0 aromatic heterocycles. The van der Waals surface area contributed by atoms with Gasteiger partial charge in [0.1, 0.15) is 0 Å². The molecule has 0 aliphatic carbocycles. The number of Topliss-reactive ketones (excluding diaryl/α,β-unsaturated/α-hetero) is 1. The standard InChI is InChI=1S/C23H21Cl2F3N2O5S/c1-13-5-15(3-4-19(13)21(31)6-14-11-30(34-12-14)36(2,32)33)20-10-22(35-29-20,23(26,27)28)16-7-17(24)9-18(25)8-16/h3-5,7-9,14H,6,10-12H2,1-2H3. The molecular weight excluding hydrogens is 544 g/mol. The Morgan fingerprint density at radius 1 is 1.19 bits per heavy atom. The normalized spacial score (nSPS) is 23.0. The van der Waals surface area contributed by atoms with E-state index in [0.717, 1.165) is 22.9 Å². The minimum absolute atomic E-state index is 0.0317. The van der Waals surface area contributed by atoms with Gasteiger partial charge in [-0.15, -0.1) is 0 Å². The van der Waals surface area contributed by atoms with E-state index < -0.39 is 28.2 Å². The number of hydrogen-bond donors (Lipinski definition) is 0. The quantitative estimate of drug-likeness (QED) is 0.445. The topological polar surface area (TPSA) is 85.3 Å². The summed E-state index contributed by atoms with van der Waals surface area (Å²) in [6.45, 7) is 1.83. The monoisotopic (exact) mass is 564 g/mol. The predicted octanol–water partition coefficient (Wildman–Crippen LogP) is 5.28. The molecule has 13 heteroatoms. The van der Waals surface area contributed by atoms with Crippen molar-refractivity contribution in [1.29, 1.82) is 0 Å². The molecule has 194 valence electrons. The molecule has 36 heavy (non-hydrogen) atoms. The number of sulfonamides is 1. The van der Waals surface area contributed by atoms with E-state index in [1.165, 1.54) is 18.2 Å². The zero-order chi connectivity index (χ0) is 26.5. The van der Waals surface area contributed by atoms with E-state index in [4.69, 9.17) is 32.9 Å². The number of rotatable bonds is 6. The van der Waals surface area contributed by atoms with Crippen LogP contribution in [0.1, 0.15) is 39.9 Å². The van der Waals surface area contributed by atoms with Gasteiger partial charge in [0.25, 0.3) is 5.60 Å². The summed E-state index contributed by atoms with van der Waals surface area (Å²) in [5, 5.41) is 3.80. The smallest absolute Gasteiger partial charge is 0.374 e. The van der Waals surface area contributed by atoms with Crippen molar-refractivity contribution in [3.63, 3.8) is 0 Å². The first-order valence-electron chi connectivity index (χ1n) is 10.7. The van der Waals surface area contributed by atoms with Crippen molar-refractivity contribution >= 4 is 44.7 Å². The lowest BCUT2D eigenvalue weighted by atomic mass is 9.86. The Bertz CT molecular complexity index is 1330. The average molecular weight is 565 g/mol. The van der Waals surface area contributed by atoms with Gasteiger partial charge in [-0.3, -0.25) is 9.63 Å². The van der Waals surface area contributed by atoms with E-state index in [1.807, 2.05) is 0 Å². The molecule has 1 saturated heterocycles. The Morgan fingerprint density at radius 2 is 1.86 bits per heavy atom. The third-order valence-electron chi connectivity index (χ3n) is 6.08. The van der Waals surface area contributed by atoms with Crippen LogP contribution in [0.15, 0.2) is 41.6 Å². The number of carbonyl (C=O) groups excluding carboxylic acids is 1. The molecule has 0 radical (unpaired) electrons. The lowest BCUT2D eigenvalue weighted by molar-refractivity contribution is -0.275. The number of aryl methyl sites for hydroxylation is 1. The maximum atomic E-state index is 14.2. The number of ketones is 1. The second-order valence-corrected chi connectivity index (χ2v) is 11.6. The van der Waals surface area contributed by atoms with Crippen molar-refractivity contribution < 1.29 is 36.1 Å². The summed E-state index contributed by atoms with van der Waals surface area (Å²) >= 11 is 11.9. The fraction of sp³-hybridized carbons (Fsp3) is 0.391. The Kier molecular flexibility index (Phi) is 7.17. The van der Waals surface area contributed by atoms with Crippen LogP contribution in [0.5, 0.6) is 0 Å². The van der Waals surface area contributed by atoms with E-state index in [1.54, 1.807) is 13.0 Å². The summed E-state index contributed by atoms with van der Waals surface area (Å²) in [4.78, 5) is 23.0. The number of nitrogens with zero attached hydrogens (tertiary/aromatic N) is 2. The van der Waals surface area contributed by atoms with Gasteiger partial charge < -0.3 is 4.84 Å². The van der Waals surface area contributed by atoms with Crippen LogP contribution in [0.25, 0.3) is 0 Å². The third kappa shape index (κ3) is 5.26. The van der Waals surface area contributed by atoms with Gasteiger partial charge in [0.2, 0.25) is 10.0 Å². The molecule has 7 nitrogen and oxygen atoms in total. The molecule has 2 aliphatic heterocycles. The van der Waals surface area contributed by atoms with E-state index in [9.17, 15) is 26.4 Å². The number of halogens is 5. The number of alkyl halides is 3. The SMILES string of the molecule is Cc1cc(C2=NOC(c3cc(Cl)cc(Cl)c3)(C(F)(F)F)C2)ccc1C(=O)CC1CON(S(C)(=O)=O)C1. The molecule has 2 heterocycles. The lowest BCUT2D eigenvalue weighted by Crippen LogP contribution is -2.42.